The minimum absolute atomic E-state index is 0.0184. The molecule has 0 radical (unpaired) electrons. The Morgan fingerprint density at radius 1 is 1.25 bits per heavy atom. The normalized spacial score (nSPS) is 11.2. The van der Waals surface area contributed by atoms with Gasteiger partial charge in [0, 0.05) is 11.1 Å². The number of carbonyl (C=O) groups excluding carboxylic acids is 1. The van der Waals surface area contributed by atoms with Crippen molar-refractivity contribution in [2.24, 2.45) is 11.5 Å². The topological polar surface area (TPSA) is 69.1 Å². The van der Waals surface area contributed by atoms with Gasteiger partial charge in [0.05, 0.1) is 5.56 Å². The highest BCUT2D eigenvalue weighted by Gasteiger charge is 2.29. The van der Waals surface area contributed by atoms with Crippen molar-refractivity contribution in [2.75, 3.05) is 0 Å². The summed E-state index contributed by atoms with van der Waals surface area (Å²) in [6.07, 6.45) is 0. The Kier molecular flexibility index (Phi) is 4.02. The van der Waals surface area contributed by atoms with Gasteiger partial charge in [-0.05, 0) is 0 Å². The highest BCUT2D eigenvalue weighted by Crippen LogP contribution is 2.40. The number of alkyl halides is 3. The molecule has 0 aliphatic carbocycles. The molecule has 4 N–H and O–H groups in total. The summed E-state index contributed by atoms with van der Waals surface area (Å²) < 4.78 is -1.76. The third-order valence-corrected chi connectivity index (χ3v) is 2.71. The molecular formula is C9H7Cl3N2OS. The highest BCUT2D eigenvalue weighted by molar-refractivity contribution is 7.80. The predicted octanol–water partition coefficient (Wildman–Crippen LogP) is 2.25. The van der Waals surface area contributed by atoms with E-state index in [9.17, 15) is 4.79 Å². The van der Waals surface area contributed by atoms with Gasteiger partial charge in [0.25, 0.3) is 0 Å². The Morgan fingerprint density at radius 3 is 2.19 bits per heavy atom. The number of carbonyl (C=O) groups is 1. The van der Waals surface area contributed by atoms with E-state index in [1.54, 1.807) is 12.1 Å². The van der Waals surface area contributed by atoms with Crippen molar-refractivity contribution >= 4 is 57.9 Å². The zero-order chi connectivity index (χ0) is 12.5. The molecule has 0 aliphatic rings. The number of hydrogen-bond acceptors (Lipinski definition) is 2. The third kappa shape index (κ3) is 2.77. The Morgan fingerprint density at radius 2 is 1.81 bits per heavy atom. The van der Waals surface area contributed by atoms with E-state index in [2.05, 4.69) is 0 Å². The molecule has 0 heterocycles. The molecule has 3 nitrogen and oxygen atoms in total. The van der Waals surface area contributed by atoms with Gasteiger partial charge >= 0.3 is 0 Å². The molecule has 0 atom stereocenters. The first-order chi connectivity index (χ1) is 7.25. The summed E-state index contributed by atoms with van der Waals surface area (Å²) in [5.74, 6) is -0.746. The van der Waals surface area contributed by atoms with Gasteiger partial charge in [0.1, 0.15) is 4.99 Å². The van der Waals surface area contributed by atoms with Gasteiger partial charge in [0.2, 0.25) is 9.70 Å². The third-order valence-electron chi connectivity index (χ3n) is 1.88. The van der Waals surface area contributed by atoms with E-state index in [1.165, 1.54) is 6.07 Å². The van der Waals surface area contributed by atoms with Crippen LogP contribution in [0.25, 0.3) is 0 Å². The largest absolute Gasteiger partial charge is 0.389 e. The number of primary amides is 1. The number of hydrogen-bond donors (Lipinski definition) is 2. The lowest BCUT2D eigenvalue weighted by atomic mass is 10.0. The first-order valence-electron chi connectivity index (χ1n) is 4.05. The second kappa shape index (κ2) is 4.75. The number of halogens is 3. The zero-order valence-corrected chi connectivity index (χ0v) is 10.9. The quantitative estimate of drug-likeness (QED) is 0.650. The lowest BCUT2D eigenvalue weighted by Gasteiger charge is -2.17. The molecule has 1 amide bonds. The summed E-state index contributed by atoms with van der Waals surface area (Å²) in [6, 6.07) is 4.61. The van der Waals surface area contributed by atoms with Crippen molar-refractivity contribution in [3.05, 3.63) is 34.9 Å². The zero-order valence-electron chi connectivity index (χ0n) is 7.84. The van der Waals surface area contributed by atoms with Crippen LogP contribution in [-0.2, 0) is 3.79 Å². The van der Waals surface area contributed by atoms with Crippen molar-refractivity contribution in [3.63, 3.8) is 0 Å². The summed E-state index contributed by atoms with van der Waals surface area (Å²) in [7, 11) is 0. The van der Waals surface area contributed by atoms with E-state index in [4.69, 9.17) is 58.5 Å². The van der Waals surface area contributed by atoms with Crippen LogP contribution in [0.4, 0.5) is 0 Å². The van der Waals surface area contributed by atoms with Crippen LogP contribution in [0.3, 0.4) is 0 Å². The summed E-state index contributed by atoms with van der Waals surface area (Å²) >= 11 is 22.0. The van der Waals surface area contributed by atoms with Crippen LogP contribution >= 0.6 is 47.0 Å². The average Bonchev–Trinajstić information content (AvgIpc) is 2.14. The monoisotopic (exact) mass is 296 g/mol. The van der Waals surface area contributed by atoms with Crippen LogP contribution < -0.4 is 11.5 Å². The molecule has 0 spiro atoms. The van der Waals surface area contributed by atoms with E-state index < -0.39 is 9.70 Å². The molecule has 0 aliphatic heterocycles. The maximum atomic E-state index is 11.3. The van der Waals surface area contributed by atoms with Gasteiger partial charge in [-0.15, -0.1) is 0 Å². The molecule has 1 rings (SSSR count). The van der Waals surface area contributed by atoms with E-state index in [0.717, 1.165) is 0 Å². The standard InChI is InChI=1S/C9H7Cl3N2OS/c10-9(11,12)5-3-1-2-4(8(14)16)6(5)7(13)15/h1-3H,(H2,13,15)(H2,14,16). The predicted molar refractivity (Wildman–Crippen MR) is 70.1 cm³/mol. The number of thiocarbonyl (C=S) groups is 1. The summed E-state index contributed by atoms with van der Waals surface area (Å²) in [6.45, 7) is 0. The number of benzene rings is 1. The first kappa shape index (κ1) is 13.5. The first-order valence-corrected chi connectivity index (χ1v) is 5.59. The molecule has 16 heavy (non-hydrogen) atoms. The fraction of sp³-hybridized carbons (Fsp3) is 0.111. The van der Waals surface area contributed by atoms with Crippen molar-refractivity contribution in [1.82, 2.24) is 0 Å². The molecule has 0 fully saturated rings. The van der Waals surface area contributed by atoms with E-state index in [-0.39, 0.29) is 16.1 Å². The molecule has 7 heteroatoms. The lowest BCUT2D eigenvalue weighted by Crippen LogP contribution is -2.23. The smallest absolute Gasteiger partial charge is 0.249 e. The molecule has 0 unspecified atom stereocenters. The van der Waals surface area contributed by atoms with Crippen LogP contribution in [0.2, 0.25) is 0 Å². The molecular weight excluding hydrogens is 291 g/mol. The SMILES string of the molecule is NC(=O)c1c(C(N)=S)cccc1C(Cl)(Cl)Cl. The number of amides is 1. The fourth-order valence-corrected chi connectivity index (χ4v) is 1.90. The molecule has 0 aromatic heterocycles. The molecule has 0 bridgehead atoms. The maximum absolute atomic E-state index is 11.3. The highest BCUT2D eigenvalue weighted by atomic mass is 35.6. The van der Waals surface area contributed by atoms with Gasteiger partial charge in [-0.25, -0.2) is 0 Å². The summed E-state index contributed by atoms with van der Waals surface area (Å²) in [5.41, 5.74) is 11.2. The van der Waals surface area contributed by atoms with E-state index in [1.807, 2.05) is 0 Å². The molecule has 86 valence electrons. The van der Waals surface area contributed by atoms with E-state index in [0.29, 0.717) is 5.56 Å². The van der Waals surface area contributed by atoms with Crippen molar-refractivity contribution in [1.29, 1.82) is 0 Å². The van der Waals surface area contributed by atoms with Crippen LogP contribution in [0.5, 0.6) is 0 Å². The minimum Gasteiger partial charge on any atom is -0.389 e. The lowest BCUT2D eigenvalue weighted by molar-refractivity contribution is 0.0999. The maximum Gasteiger partial charge on any atom is 0.249 e. The van der Waals surface area contributed by atoms with Crippen LogP contribution in [0.1, 0.15) is 21.5 Å². The van der Waals surface area contributed by atoms with Crippen molar-refractivity contribution in [2.45, 2.75) is 3.79 Å². The van der Waals surface area contributed by atoms with Crippen LogP contribution in [0, 0.1) is 0 Å². The Balaban J connectivity index is 3.58. The number of rotatable bonds is 2. The molecule has 1 aromatic carbocycles. The number of nitrogens with two attached hydrogens (primary N) is 2. The average molecular weight is 298 g/mol. The minimum atomic E-state index is -1.76. The van der Waals surface area contributed by atoms with Gasteiger partial charge in [0.15, 0.2) is 0 Å². The van der Waals surface area contributed by atoms with Crippen molar-refractivity contribution < 1.29 is 4.79 Å². The summed E-state index contributed by atoms with van der Waals surface area (Å²) in [4.78, 5) is 11.3. The Hall–Kier alpha value is -0.550. The Labute approximate surface area is 113 Å². The van der Waals surface area contributed by atoms with Gasteiger partial charge in [-0.1, -0.05) is 65.2 Å². The van der Waals surface area contributed by atoms with Crippen molar-refractivity contribution in [3.8, 4) is 0 Å². The molecule has 0 saturated carbocycles. The Bertz CT molecular complexity index is 457. The second-order valence-electron chi connectivity index (χ2n) is 2.95. The fourth-order valence-electron chi connectivity index (χ4n) is 1.26. The van der Waals surface area contributed by atoms with E-state index >= 15 is 0 Å². The summed E-state index contributed by atoms with van der Waals surface area (Å²) in [5, 5.41) is 0. The second-order valence-corrected chi connectivity index (χ2v) is 5.68. The van der Waals surface area contributed by atoms with Gasteiger partial charge in [-0.3, -0.25) is 4.79 Å². The van der Waals surface area contributed by atoms with Crippen LogP contribution in [-0.4, -0.2) is 10.9 Å². The molecule has 1 aromatic rings. The molecule has 0 saturated heterocycles. The van der Waals surface area contributed by atoms with Crippen LogP contribution in [0.15, 0.2) is 18.2 Å². The van der Waals surface area contributed by atoms with Gasteiger partial charge in [-0.2, -0.15) is 0 Å². The van der Waals surface area contributed by atoms with Gasteiger partial charge < -0.3 is 11.5 Å².